The smallest absolute Gasteiger partial charge is 0.268 e. The van der Waals surface area contributed by atoms with Crippen LogP contribution in [-0.2, 0) is 16.1 Å². The minimum Gasteiger partial charge on any atom is -0.483 e. The molecule has 1 aliphatic heterocycles. The molecule has 0 aliphatic carbocycles. The third-order valence-electron chi connectivity index (χ3n) is 5.34. The van der Waals surface area contributed by atoms with Gasteiger partial charge in [-0.2, -0.15) is 0 Å². The van der Waals surface area contributed by atoms with E-state index in [2.05, 4.69) is 5.32 Å². The normalized spacial score (nSPS) is 15.0. The first-order valence-corrected chi connectivity index (χ1v) is 10.6. The van der Waals surface area contributed by atoms with Gasteiger partial charge < -0.3 is 19.7 Å². The van der Waals surface area contributed by atoms with Crippen molar-refractivity contribution in [1.82, 2.24) is 0 Å². The van der Waals surface area contributed by atoms with Crippen LogP contribution in [0.4, 0.5) is 11.4 Å². The van der Waals surface area contributed by atoms with Crippen LogP contribution in [0.2, 0.25) is 0 Å². The molecular weight excluding hydrogens is 404 g/mol. The topological polar surface area (TPSA) is 67.9 Å². The molecule has 4 rings (SSSR count). The van der Waals surface area contributed by atoms with Crippen LogP contribution in [0.3, 0.4) is 0 Å². The minimum absolute atomic E-state index is 0.110. The minimum atomic E-state index is -0.572. The third-order valence-corrected chi connectivity index (χ3v) is 5.34. The predicted molar refractivity (Wildman–Crippen MR) is 124 cm³/mol. The van der Waals surface area contributed by atoms with Crippen molar-refractivity contribution in [3.63, 3.8) is 0 Å². The summed E-state index contributed by atoms with van der Waals surface area (Å²) in [5, 5.41) is 2.85. The van der Waals surface area contributed by atoms with E-state index in [1.165, 1.54) is 0 Å². The summed E-state index contributed by atoms with van der Waals surface area (Å²) in [5.41, 5.74) is 4.25. The number of carbonyl (C=O) groups excluding carboxylic acids is 2. The molecule has 6 nitrogen and oxygen atoms in total. The summed E-state index contributed by atoms with van der Waals surface area (Å²) >= 11 is 0. The number of carbonyl (C=O) groups is 2. The Morgan fingerprint density at radius 3 is 2.62 bits per heavy atom. The standard InChI is InChI=1S/C26H26N2O4/c1-17-9-10-18(2)24(13-17)31-16-25(29)27-21-11-12-23-22(14-21)28(26(30)19(3)32-23)15-20-7-5-4-6-8-20/h4-14,19H,15-16H2,1-3H3,(H,27,29). The number of hydrogen-bond acceptors (Lipinski definition) is 4. The molecule has 3 aromatic rings. The number of ether oxygens (including phenoxy) is 2. The molecular formula is C26H26N2O4. The van der Waals surface area contributed by atoms with E-state index >= 15 is 0 Å². The first kappa shape index (κ1) is 21.4. The van der Waals surface area contributed by atoms with Crippen LogP contribution in [0.5, 0.6) is 11.5 Å². The summed E-state index contributed by atoms with van der Waals surface area (Å²) < 4.78 is 11.5. The van der Waals surface area contributed by atoms with Crippen LogP contribution in [-0.4, -0.2) is 24.5 Å². The summed E-state index contributed by atoms with van der Waals surface area (Å²) in [6.07, 6.45) is -0.572. The maximum absolute atomic E-state index is 12.8. The fourth-order valence-electron chi connectivity index (χ4n) is 3.62. The Balaban J connectivity index is 1.50. The van der Waals surface area contributed by atoms with Crippen molar-refractivity contribution in [2.45, 2.75) is 33.4 Å². The number of fused-ring (bicyclic) bond motifs is 1. The van der Waals surface area contributed by atoms with Crippen LogP contribution in [0.1, 0.15) is 23.6 Å². The van der Waals surface area contributed by atoms with Crippen molar-refractivity contribution in [1.29, 1.82) is 0 Å². The van der Waals surface area contributed by atoms with Crippen molar-refractivity contribution >= 4 is 23.2 Å². The largest absolute Gasteiger partial charge is 0.483 e. The van der Waals surface area contributed by atoms with Crippen LogP contribution >= 0.6 is 0 Å². The van der Waals surface area contributed by atoms with Gasteiger partial charge in [-0.15, -0.1) is 0 Å². The molecule has 0 saturated heterocycles. The fraction of sp³-hybridized carbons (Fsp3) is 0.231. The number of benzene rings is 3. The molecule has 0 bridgehead atoms. The Morgan fingerprint density at radius 1 is 1.06 bits per heavy atom. The molecule has 0 aromatic heterocycles. The van der Waals surface area contributed by atoms with Gasteiger partial charge in [0.1, 0.15) is 11.5 Å². The number of nitrogens with one attached hydrogen (secondary N) is 1. The van der Waals surface area contributed by atoms with E-state index in [1.54, 1.807) is 30.0 Å². The van der Waals surface area contributed by atoms with Crippen LogP contribution < -0.4 is 19.7 Å². The molecule has 1 atom stereocenters. The fourth-order valence-corrected chi connectivity index (χ4v) is 3.62. The molecule has 0 fully saturated rings. The molecule has 6 heteroatoms. The molecule has 1 aliphatic rings. The number of rotatable bonds is 6. The second-order valence-corrected chi connectivity index (χ2v) is 7.96. The summed E-state index contributed by atoms with van der Waals surface area (Å²) in [6, 6.07) is 20.9. The lowest BCUT2D eigenvalue weighted by Gasteiger charge is -2.33. The van der Waals surface area contributed by atoms with Gasteiger partial charge in [-0.25, -0.2) is 0 Å². The van der Waals surface area contributed by atoms with E-state index in [1.807, 2.05) is 62.4 Å². The number of amides is 2. The zero-order valence-corrected chi connectivity index (χ0v) is 18.4. The van der Waals surface area contributed by atoms with E-state index in [0.29, 0.717) is 29.4 Å². The van der Waals surface area contributed by atoms with Gasteiger partial charge >= 0.3 is 0 Å². The maximum atomic E-state index is 12.8. The second kappa shape index (κ2) is 9.14. The van der Waals surface area contributed by atoms with Gasteiger partial charge in [-0.1, -0.05) is 42.5 Å². The Kier molecular flexibility index (Phi) is 6.12. The molecule has 32 heavy (non-hydrogen) atoms. The molecule has 164 valence electrons. The average Bonchev–Trinajstić information content (AvgIpc) is 2.78. The Hall–Kier alpha value is -3.80. The predicted octanol–water partition coefficient (Wildman–Crippen LogP) is 4.64. The molecule has 1 N–H and O–H groups in total. The van der Waals surface area contributed by atoms with Gasteiger partial charge in [0.2, 0.25) is 0 Å². The highest BCUT2D eigenvalue weighted by molar-refractivity contribution is 6.01. The monoisotopic (exact) mass is 430 g/mol. The Labute approximate surface area is 187 Å². The van der Waals surface area contributed by atoms with Gasteiger partial charge in [0.05, 0.1) is 12.2 Å². The second-order valence-electron chi connectivity index (χ2n) is 7.96. The van der Waals surface area contributed by atoms with Gasteiger partial charge in [0.15, 0.2) is 12.7 Å². The lowest BCUT2D eigenvalue weighted by molar-refractivity contribution is -0.125. The zero-order valence-electron chi connectivity index (χ0n) is 18.4. The van der Waals surface area contributed by atoms with Crippen LogP contribution in [0, 0.1) is 13.8 Å². The molecule has 0 spiro atoms. The van der Waals surface area contributed by atoms with Gasteiger partial charge in [0.25, 0.3) is 11.8 Å². The summed E-state index contributed by atoms with van der Waals surface area (Å²) in [7, 11) is 0. The lowest BCUT2D eigenvalue weighted by atomic mass is 10.1. The number of hydrogen-bond donors (Lipinski definition) is 1. The highest BCUT2D eigenvalue weighted by atomic mass is 16.5. The lowest BCUT2D eigenvalue weighted by Crippen LogP contribution is -2.44. The first-order chi connectivity index (χ1) is 15.4. The van der Waals surface area contributed by atoms with Gasteiger partial charge in [0, 0.05) is 5.69 Å². The van der Waals surface area contributed by atoms with Crippen LogP contribution in [0.25, 0.3) is 0 Å². The first-order valence-electron chi connectivity index (χ1n) is 10.6. The van der Waals surface area contributed by atoms with Crippen molar-refractivity contribution in [2.75, 3.05) is 16.8 Å². The number of nitrogens with zero attached hydrogens (tertiary/aromatic N) is 1. The number of aryl methyl sites for hydroxylation is 2. The summed E-state index contributed by atoms with van der Waals surface area (Å²) in [5.74, 6) is 0.894. The number of anilines is 2. The van der Waals surface area contributed by atoms with Crippen molar-refractivity contribution in [3.05, 3.63) is 83.4 Å². The molecule has 0 saturated carbocycles. The molecule has 2 amide bonds. The molecule has 1 unspecified atom stereocenters. The van der Waals surface area contributed by atoms with E-state index in [0.717, 1.165) is 16.7 Å². The summed E-state index contributed by atoms with van der Waals surface area (Å²) in [4.78, 5) is 27.0. The van der Waals surface area contributed by atoms with Crippen molar-refractivity contribution in [2.24, 2.45) is 0 Å². The van der Waals surface area contributed by atoms with Crippen LogP contribution in [0.15, 0.2) is 66.7 Å². The van der Waals surface area contributed by atoms with Crippen molar-refractivity contribution in [3.8, 4) is 11.5 Å². The summed E-state index contributed by atoms with van der Waals surface area (Å²) in [6.45, 7) is 5.97. The SMILES string of the molecule is Cc1ccc(C)c(OCC(=O)Nc2ccc3c(c2)N(Cc2ccccc2)C(=O)C(C)O3)c1. The quantitative estimate of drug-likeness (QED) is 0.619. The highest BCUT2D eigenvalue weighted by Gasteiger charge is 2.31. The van der Waals surface area contributed by atoms with Crippen molar-refractivity contribution < 1.29 is 19.1 Å². The molecule has 0 radical (unpaired) electrons. The van der Waals surface area contributed by atoms with Gasteiger partial charge in [-0.05, 0) is 61.7 Å². The third kappa shape index (κ3) is 4.75. The maximum Gasteiger partial charge on any atom is 0.268 e. The Bertz CT molecular complexity index is 1140. The van der Waals surface area contributed by atoms with E-state index in [-0.39, 0.29) is 18.4 Å². The molecule has 3 aromatic carbocycles. The zero-order chi connectivity index (χ0) is 22.7. The van der Waals surface area contributed by atoms with E-state index < -0.39 is 6.10 Å². The Morgan fingerprint density at radius 2 is 1.84 bits per heavy atom. The van der Waals surface area contributed by atoms with Gasteiger partial charge in [-0.3, -0.25) is 9.59 Å². The van der Waals surface area contributed by atoms with E-state index in [9.17, 15) is 9.59 Å². The average molecular weight is 431 g/mol. The highest BCUT2D eigenvalue weighted by Crippen LogP contribution is 2.37. The van der Waals surface area contributed by atoms with E-state index in [4.69, 9.17) is 9.47 Å². The molecule has 1 heterocycles.